The van der Waals surface area contributed by atoms with Crippen molar-refractivity contribution in [3.05, 3.63) is 23.8 Å². The molecular weight excluding hydrogens is 278 g/mol. The fraction of sp³-hybridized carbons (Fsp3) is 0.588. The molecule has 0 radical (unpaired) electrons. The molecule has 21 heavy (non-hydrogen) atoms. The van der Waals surface area contributed by atoms with Gasteiger partial charge in [0, 0.05) is 6.54 Å². The molecule has 1 aliphatic rings. The Bertz CT molecular complexity index is 606. The van der Waals surface area contributed by atoms with E-state index in [1.807, 2.05) is 0 Å². The van der Waals surface area contributed by atoms with Gasteiger partial charge < -0.3 is 5.73 Å². The summed E-state index contributed by atoms with van der Waals surface area (Å²) in [5.41, 5.74) is 8.79. The number of nitrogens with two attached hydrogens (primary N) is 1. The fourth-order valence-corrected chi connectivity index (χ4v) is 4.28. The molecule has 1 fully saturated rings. The van der Waals surface area contributed by atoms with Gasteiger partial charge in [-0.05, 0) is 49.0 Å². The number of thiazole rings is 1. The largest absolute Gasteiger partial charge is 0.375 e. The average Bonchev–Trinajstić information content (AvgIpc) is 2.88. The van der Waals surface area contributed by atoms with Crippen LogP contribution in [0, 0.1) is 5.41 Å². The van der Waals surface area contributed by atoms with E-state index in [2.05, 4.69) is 41.9 Å². The summed E-state index contributed by atoms with van der Waals surface area (Å²) in [5.74, 6) is 0. The molecular formula is C17H25N3S. The first-order valence-electron chi connectivity index (χ1n) is 8.01. The van der Waals surface area contributed by atoms with Crippen molar-refractivity contribution in [2.24, 2.45) is 5.41 Å². The molecule has 2 N–H and O–H groups in total. The second kappa shape index (κ2) is 5.93. The molecule has 0 bridgehead atoms. The van der Waals surface area contributed by atoms with Crippen LogP contribution in [0.5, 0.6) is 0 Å². The van der Waals surface area contributed by atoms with Gasteiger partial charge in [0.15, 0.2) is 5.13 Å². The summed E-state index contributed by atoms with van der Waals surface area (Å²) < 4.78 is 1.21. The van der Waals surface area contributed by atoms with Crippen LogP contribution in [0.15, 0.2) is 18.2 Å². The topological polar surface area (TPSA) is 42.2 Å². The van der Waals surface area contributed by atoms with Gasteiger partial charge in [-0.15, -0.1) is 0 Å². The summed E-state index contributed by atoms with van der Waals surface area (Å²) in [6.45, 7) is 8.20. The van der Waals surface area contributed by atoms with Crippen LogP contribution in [0.1, 0.15) is 45.1 Å². The third-order valence-corrected chi connectivity index (χ3v) is 6.14. The zero-order valence-electron chi connectivity index (χ0n) is 13.1. The highest BCUT2D eigenvalue weighted by Gasteiger charge is 2.30. The molecule has 1 aliphatic heterocycles. The quantitative estimate of drug-likeness (QED) is 0.916. The van der Waals surface area contributed by atoms with Crippen molar-refractivity contribution < 1.29 is 0 Å². The molecule has 0 unspecified atom stereocenters. The van der Waals surface area contributed by atoms with E-state index < -0.39 is 0 Å². The number of aromatic nitrogens is 1. The molecule has 0 aliphatic carbocycles. The predicted molar refractivity (Wildman–Crippen MR) is 91.6 cm³/mol. The predicted octanol–water partition coefficient (Wildman–Crippen LogP) is 4.28. The number of nitrogen functional groups attached to an aromatic ring is 1. The minimum absolute atomic E-state index is 0.604. The molecule has 2 heterocycles. The SMILES string of the molecule is CCC1(CC)CCN(Cc2ccc3nc(N)sc3c2)CC1. The first kappa shape index (κ1) is 14.8. The lowest BCUT2D eigenvalue weighted by molar-refractivity contribution is 0.0909. The lowest BCUT2D eigenvalue weighted by Gasteiger charge is -2.41. The van der Waals surface area contributed by atoms with Crippen LogP contribution in [0.25, 0.3) is 10.2 Å². The number of fused-ring (bicyclic) bond motifs is 1. The standard InChI is InChI=1S/C17H25N3S/c1-3-17(4-2)7-9-20(10-8-17)12-13-5-6-14-15(11-13)21-16(18)19-14/h5-6,11H,3-4,7-10,12H2,1-2H3,(H2,18,19). The van der Waals surface area contributed by atoms with Gasteiger partial charge in [-0.3, -0.25) is 4.90 Å². The first-order valence-corrected chi connectivity index (χ1v) is 8.83. The van der Waals surface area contributed by atoms with Gasteiger partial charge >= 0.3 is 0 Å². The van der Waals surface area contributed by atoms with Gasteiger partial charge in [0.05, 0.1) is 10.2 Å². The Labute approximate surface area is 131 Å². The Kier molecular flexibility index (Phi) is 4.18. The highest BCUT2D eigenvalue weighted by Crippen LogP contribution is 2.38. The van der Waals surface area contributed by atoms with Crippen molar-refractivity contribution in [1.29, 1.82) is 0 Å². The van der Waals surface area contributed by atoms with Crippen molar-refractivity contribution >= 4 is 26.7 Å². The summed E-state index contributed by atoms with van der Waals surface area (Å²) in [4.78, 5) is 6.92. The van der Waals surface area contributed by atoms with Gasteiger partial charge in [0.2, 0.25) is 0 Å². The number of anilines is 1. The Morgan fingerprint density at radius 2 is 1.95 bits per heavy atom. The minimum atomic E-state index is 0.604. The lowest BCUT2D eigenvalue weighted by Crippen LogP contribution is -2.39. The molecule has 3 nitrogen and oxygen atoms in total. The number of nitrogens with zero attached hydrogens (tertiary/aromatic N) is 2. The Morgan fingerprint density at radius 1 is 1.24 bits per heavy atom. The minimum Gasteiger partial charge on any atom is -0.375 e. The zero-order valence-corrected chi connectivity index (χ0v) is 13.9. The Balaban J connectivity index is 1.66. The molecule has 1 aromatic heterocycles. The summed E-state index contributed by atoms with van der Waals surface area (Å²) in [6, 6.07) is 6.55. The highest BCUT2D eigenvalue weighted by atomic mass is 32.1. The number of piperidine rings is 1. The van der Waals surface area contributed by atoms with Gasteiger partial charge in [-0.2, -0.15) is 0 Å². The molecule has 2 aromatic rings. The van der Waals surface area contributed by atoms with Crippen molar-refractivity contribution in [2.45, 2.75) is 46.1 Å². The fourth-order valence-electron chi connectivity index (χ4n) is 3.49. The summed E-state index contributed by atoms with van der Waals surface area (Å²) in [7, 11) is 0. The van der Waals surface area contributed by atoms with Gasteiger partial charge in [-0.25, -0.2) is 4.98 Å². The van der Waals surface area contributed by atoms with Gasteiger partial charge in [-0.1, -0.05) is 44.1 Å². The summed E-state index contributed by atoms with van der Waals surface area (Å²) >= 11 is 1.58. The Hall–Kier alpha value is -1.13. The van der Waals surface area contributed by atoms with Crippen LogP contribution in [0.4, 0.5) is 5.13 Å². The van der Waals surface area contributed by atoms with E-state index in [0.29, 0.717) is 10.5 Å². The first-order chi connectivity index (χ1) is 10.1. The van der Waals surface area contributed by atoms with E-state index in [9.17, 15) is 0 Å². The molecule has 3 rings (SSSR count). The summed E-state index contributed by atoms with van der Waals surface area (Å²) in [6.07, 6.45) is 5.33. The van der Waals surface area contributed by atoms with Gasteiger partial charge in [0.25, 0.3) is 0 Å². The number of likely N-dealkylation sites (tertiary alicyclic amines) is 1. The zero-order chi connectivity index (χ0) is 14.9. The van der Waals surface area contributed by atoms with E-state index in [4.69, 9.17) is 5.73 Å². The molecule has 114 valence electrons. The molecule has 0 saturated carbocycles. The number of rotatable bonds is 4. The van der Waals surface area contributed by atoms with Crippen LogP contribution in [-0.2, 0) is 6.54 Å². The second-order valence-corrected chi connectivity index (χ2v) is 7.40. The van der Waals surface area contributed by atoms with Crippen LogP contribution in [0.2, 0.25) is 0 Å². The maximum Gasteiger partial charge on any atom is 0.181 e. The summed E-state index contributed by atoms with van der Waals surface area (Å²) in [5, 5.41) is 0.663. The molecule has 0 amide bonds. The maximum atomic E-state index is 5.78. The molecule has 1 aromatic carbocycles. The molecule has 4 heteroatoms. The average molecular weight is 303 g/mol. The van der Waals surface area contributed by atoms with Gasteiger partial charge in [0.1, 0.15) is 0 Å². The molecule has 0 spiro atoms. The Morgan fingerprint density at radius 3 is 2.62 bits per heavy atom. The molecule has 1 saturated heterocycles. The molecule has 0 atom stereocenters. The third-order valence-electron chi connectivity index (χ3n) is 5.29. The van der Waals surface area contributed by atoms with Crippen molar-refractivity contribution in [3.63, 3.8) is 0 Å². The van der Waals surface area contributed by atoms with E-state index >= 15 is 0 Å². The van der Waals surface area contributed by atoms with Crippen LogP contribution >= 0.6 is 11.3 Å². The van der Waals surface area contributed by atoms with Crippen LogP contribution < -0.4 is 5.73 Å². The third kappa shape index (κ3) is 3.06. The normalized spacial score (nSPS) is 19.1. The monoisotopic (exact) mass is 303 g/mol. The van der Waals surface area contributed by atoms with E-state index in [1.165, 1.54) is 49.0 Å². The van der Waals surface area contributed by atoms with Crippen molar-refractivity contribution in [3.8, 4) is 0 Å². The van der Waals surface area contributed by atoms with Crippen molar-refractivity contribution in [2.75, 3.05) is 18.8 Å². The second-order valence-electron chi connectivity index (χ2n) is 6.34. The highest BCUT2D eigenvalue weighted by molar-refractivity contribution is 7.22. The van der Waals surface area contributed by atoms with Crippen LogP contribution in [0.3, 0.4) is 0 Å². The van der Waals surface area contributed by atoms with Crippen molar-refractivity contribution in [1.82, 2.24) is 9.88 Å². The van der Waals surface area contributed by atoms with E-state index in [1.54, 1.807) is 11.3 Å². The number of hydrogen-bond acceptors (Lipinski definition) is 4. The lowest BCUT2D eigenvalue weighted by atomic mass is 9.74. The smallest absolute Gasteiger partial charge is 0.181 e. The van der Waals surface area contributed by atoms with E-state index in [0.717, 1.165) is 12.1 Å². The van der Waals surface area contributed by atoms with Crippen LogP contribution in [-0.4, -0.2) is 23.0 Å². The van der Waals surface area contributed by atoms with E-state index in [-0.39, 0.29) is 0 Å². The number of hydrogen-bond donors (Lipinski definition) is 1. The maximum absolute atomic E-state index is 5.78. The number of benzene rings is 1.